The smallest absolute Gasteiger partial charge is 0.231 e. The first kappa shape index (κ1) is 13.0. The Balaban J connectivity index is 0.00000120. The molecule has 2 aromatic rings. The zero-order valence-corrected chi connectivity index (χ0v) is 10.5. The van der Waals surface area contributed by atoms with Crippen molar-refractivity contribution >= 4 is 12.4 Å². The first-order valence-corrected chi connectivity index (χ1v) is 5.71. The maximum absolute atomic E-state index is 12.8. The van der Waals surface area contributed by atoms with Gasteiger partial charge in [-0.05, 0) is 19.4 Å². The third kappa shape index (κ3) is 2.54. The number of halogens is 2. The summed E-state index contributed by atoms with van der Waals surface area (Å²) in [5.74, 6) is 0.979. The molecular formula is C11H14ClFN4O. The third-order valence-electron chi connectivity index (χ3n) is 2.98. The number of nitrogens with zero attached hydrogens (tertiary/aromatic N) is 2. The van der Waals surface area contributed by atoms with E-state index >= 15 is 0 Å². The van der Waals surface area contributed by atoms with Crippen LogP contribution < -0.4 is 5.32 Å². The molecular weight excluding hydrogens is 259 g/mol. The molecule has 5 nitrogen and oxygen atoms in total. The van der Waals surface area contributed by atoms with Gasteiger partial charge >= 0.3 is 0 Å². The van der Waals surface area contributed by atoms with E-state index in [1.54, 1.807) is 0 Å². The number of H-pyrrole nitrogens is 1. The summed E-state index contributed by atoms with van der Waals surface area (Å²) in [6, 6.07) is 1.35. The van der Waals surface area contributed by atoms with Crippen LogP contribution in [0.2, 0.25) is 0 Å². The van der Waals surface area contributed by atoms with Crippen LogP contribution in [0.15, 0.2) is 16.8 Å². The molecule has 1 aliphatic rings. The minimum absolute atomic E-state index is 0. The highest BCUT2D eigenvalue weighted by Gasteiger charge is 2.22. The number of hydrogen-bond acceptors (Lipinski definition) is 4. The van der Waals surface area contributed by atoms with Gasteiger partial charge in [-0.2, -0.15) is 4.98 Å². The first-order chi connectivity index (χ1) is 8.33. The first-order valence-electron chi connectivity index (χ1n) is 5.71. The van der Waals surface area contributed by atoms with Gasteiger partial charge in [-0.15, -0.1) is 12.4 Å². The molecule has 1 fully saturated rings. The fraction of sp³-hybridized carbons (Fsp3) is 0.455. The van der Waals surface area contributed by atoms with Crippen molar-refractivity contribution < 1.29 is 8.91 Å². The van der Waals surface area contributed by atoms with Crippen LogP contribution in [-0.4, -0.2) is 28.2 Å². The summed E-state index contributed by atoms with van der Waals surface area (Å²) in [6.07, 6.45) is 3.43. The van der Waals surface area contributed by atoms with Gasteiger partial charge in [-0.1, -0.05) is 5.16 Å². The molecule has 3 rings (SSSR count). The summed E-state index contributed by atoms with van der Waals surface area (Å²) >= 11 is 0. The zero-order valence-electron chi connectivity index (χ0n) is 9.65. The Morgan fingerprint density at radius 3 is 3.00 bits per heavy atom. The predicted molar refractivity (Wildman–Crippen MR) is 66.1 cm³/mol. The molecule has 2 N–H and O–H groups in total. The second-order valence-electron chi connectivity index (χ2n) is 4.23. The lowest BCUT2D eigenvalue weighted by molar-refractivity contribution is 0.322. The SMILES string of the molecule is Cl.Fc1c[nH]c(-c2noc(C3CCCNC3)n2)c1. The van der Waals surface area contributed by atoms with Crippen LogP contribution in [0.25, 0.3) is 11.5 Å². The average Bonchev–Trinajstić information content (AvgIpc) is 2.98. The van der Waals surface area contributed by atoms with Gasteiger partial charge in [-0.25, -0.2) is 4.39 Å². The molecule has 0 bridgehead atoms. The summed E-state index contributed by atoms with van der Waals surface area (Å²) in [6.45, 7) is 1.90. The van der Waals surface area contributed by atoms with Crippen molar-refractivity contribution in [3.05, 3.63) is 24.0 Å². The Kier molecular flexibility index (Phi) is 3.98. The standard InChI is InChI=1S/C11H13FN4O.ClH/c12-8-4-9(14-6-8)10-15-11(17-16-10)7-2-1-3-13-5-7;/h4,6-7,13-14H,1-3,5H2;1H. The molecule has 2 aromatic heterocycles. The Hall–Kier alpha value is -1.40. The Bertz CT molecular complexity index is 507. The highest BCUT2D eigenvalue weighted by atomic mass is 35.5. The van der Waals surface area contributed by atoms with Crippen molar-refractivity contribution in [2.24, 2.45) is 0 Å². The van der Waals surface area contributed by atoms with E-state index in [0.717, 1.165) is 25.9 Å². The summed E-state index contributed by atoms with van der Waals surface area (Å²) < 4.78 is 18.1. The molecule has 0 spiro atoms. The van der Waals surface area contributed by atoms with Crippen molar-refractivity contribution in [3.63, 3.8) is 0 Å². The lowest BCUT2D eigenvalue weighted by atomic mass is 10.00. The van der Waals surface area contributed by atoms with Gasteiger partial charge < -0.3 is 14.8 Å². The molecule has 1 atom stereocenters. The molecule has 0 aromatic carbocycles. The van der Waals surface area contributed by atoms with E-state index in [-0.39, 0.29) is 24.1 Å². The molecule has 1 aliphatic heterocycles. The van der Waals surface area contributed by atoms with E-state index in [9.17, 15) is 4.39 Å². The predicted octanol–water partition coefficient (Wildman–Crippen LogP) is 2.09. The summed E-state index contributed by atoms with van der Waals surface area (Å²) in [7, 11) is 0. The molecule has 0 amide bonds. The van der Waals surface area contributed by atoms with Crippen LogP contribution in [0.5, 0.6) is 0 Å². The largest absolute Gasteiger partial charge is 0.356 e. The van der Waals surface area contributed by atoms with E-state index < -0.39 is 0 Å². The molecule has 0 aliphatic carbocycles. The van der Waals surface area contributed by atoms with E-state index in [4.69, 9.17) is 4.52 Å². The van der Waals surface area contributed by atoms with E-state index in [0.29, 0.717) is 17.4 Å². The van der Waals surface area contributed by atoms with Crippen LogP contribution in [0, 0.1) is 5.82 Å². The number of rotatable bonds is 2. The fourth-order valence-corrected chi connectivity index (χ4v) is 2.07. The van der Waals surface area contributed by atoms with Crippen molar-refractivity contribution in [1.29, 1.82) is 0 Å². The van der Waals surface area contributed by atoms with Gasteiger partial charge in [0, 0.05) is 18.8 Å². The Labute approximate surface area is 110 Å². The fourth-order valence-electron chi connectivity index (χ4n) is 2.07. The monoisotopic (exact) mass is 272 g/mol. The van der Waals surface area contributed by atoms with Gasteiger partial charge in [0.2, 0.25) is 11.7 Å². The molecule has 1 saturated heterocycles. The number of hydrogen-bond donors (Lipinski definition) is 2. The average molecular weight is 273 g/mol. The Morgan fingerprint density at radius 2 is 2.33 bits per heavy atom. The lowest BCUT2D eigenvalue weighted by Gasteiger charge is -2.18. The second kappa shape index (κ2) is 5.49. The number of piperidine rings is 1. The van der Waals surface area contributed by atoms with Crippen LogP contribution in [0.4, 0.5) is 4.39 Å². The van der Waals surface area contributed by atoms with Crippen LogP contribution >= 0.6 is 12.4 Å². The Morgan fingerprint density at radius 1 is 1.44 bits per heavy atom. The third-order valence-corrected chi connectivity index (χ3v) is 2.98. The zero-order chi connectivity index (χ0) is 11.7. The molecule has 18 heavy (non-hydrogen) atoms. The minimum Gasteiger partial charge on any atom is -0.356 e. The van der Waals surface area contributed by atoms with Gasteiger partial charge in [0.1, 0.15) is 5.82 Å². The number of nitrogens with one attached hydrogen (secondary N) is 2. The second-order valence-corrected chi connectivity index (χ2v) is 4.23. The van der Waals surface area contributed by atoms with Crippen LogP contribution in [0.1, 0.15) is 24.7 Å². The molecule has 1 unspecified atom stereocenters. The number of aromatic nitrogens is 3. The molecule has 0 radical (unpaired) electrons. The van der Waals surface area contributed by atoms with Crippen LogP contribution in [0.3, 0.4) is 0 Å². The quantitative estimate of drug-likeness (QED) is 0.879. The minimum atomic E-state index is -0.328. The topological polar surface area (TPSA) is 66.7 Å². The molecule has 98 valence electrons. The van der Waals surface area contributed by atoms with Gasteiger partial charge in [0.05, 0.1) is 11.6 Å². The molecule has 0 saturated carbocycles. The highest BCUT2D eigenvalue weighted by Crippen LogP contribution is 2.24. The summed E-state index contributed by atoms with van der Waals surface area (Å²) in [4.78, 5) is 7.06. The molecule has 7 heteroatoms. The van der Waals surface area contributed by atoms with E-state index in [1.807, 2.05) is 0 Å². The van der Waals surface area contributed by atoms with Crippen LogP contribution in [-0.2, 0) is 0 Å². The van der Waals surface area contributed by atoms with Gasteiger partial charge in [0.15, 0.2) is 0 Å². The maximum Gasteiger partial charge on any atom is 0.231 e. The summed E-state index contributed by atoms with van der Waals surface area (Å²) in [5.41, 5.74) is 0.543. The molecule has 3 heterocycles. The van der Waals surface area contributed by atoms with E-state index in [2.05, 4.69) is 20.4 Å². The van der Waals surface area contributed by atoms with Crippen molar-refractivity contribution in [3.8, 4) is 11.5 Å². The lowest BCUT2D eigenvalue weighted by Crippen LogP contribution is -2.28. The van der Waals surface area contributed by atoms with Crippen molar-refractivity contribution in [2.75, 3.05) is 13.1 Å². The van der Waals surface area contributed by atoms with Gasteiger partial charge in [0.25, 0.3) is 0 Å². The van der Waals surface area contributed by atoms with Crippen molar-refractivity contribution in [2.45, 2.75) is 18.8 Å². The number of aromatic amines is 1. The highest BCUT2D eigenvalue weighted by molar-refractivity contribution is 5.85. The summed E-state index contributed by atoms with van der Waals surface area (Å²) in [5, 5.41) is 7.15. The normalized spacial score (nSPS) is 19.5. The van der Waals surface area contributed by atoms with E-state index in [1.165, 1.54) is 12.3 Å². The maximum atomic E-state index is 12.8. The van der Waals surface area contributed by atoms with Crippen molar-refractivity contribution in [1.82, 2.24) is 20.4 Å². The van der Waals surface area contributed by atoms with Gasteiger partial charge in [-0.3, -0.25) is 0 Å².